The lowest BCUT2D eigenvalue weighted by Gasteiger charge is -2.25. The molecule has 2 aliphatic rings. The Morgan fingerprint density at radius 3 is 2.21 bits per heavy atom. The molecule has 39 heavy (non-hydrogen) atoms. The maximum Gasteiger partial charge on any atom is 0.408 e. The van der Waals surface area contributed by atoms with E-state index in [0.717, 1.165) is 12.8 Å². The van der Waals surface area contributed by atoms with Crippen LogP contribution >= 0.6 is 0 Å². The molecule has 1 unspecified atom stereocenters. The molecule has 2 fully saturated rings. The van der Waals surface area contributed by atoms with Crippen LogP contribution in [0.15, 0.2) is 65.6 Å². The number of ether oxygens (including phenoxy) is 2. The Kier molecular flexibility index (Phi) is 9.47. The smallest absolute Gasteiger partial charge is 0.408 e. The number of carbonyl (C=O) groups excluding carboxylic acids is 4. The summed E-state index contributed by atoms with van der Waals surface area (Å²) in [5.74, 6) is -4.29. The van der Waals surface area contributed by atoms with Gasteiger partial charge in [0.15, 0.2) is 0 Å². The molecular formula is C28H32N2O8S. The number of ketones is 2. The largest absolute Gasteiger partial charge is 0.444 e. The van der Waals surface area contributed by atoms with Crippen LogP contribution in [0.3, 0.4) is 0 Å². The maximum atomic E-state index is 13.5. The van der Waals surface area contributed by atoms with Gasteiger partial charge in [-0.2, -0.15) is 0 Å². The van der Waals surface area contributed by atoms with E-state index in [4.69, 9.17) is 9.47 Å². The second-order valence-corrected chi connectivity index (χ2v) is 11.6. The lowest BCUT2D eigenvalue weighted by Crippen LogP contribution is -2.52. The maximum absolute atomic E-state index is 13.5. The van der Waals surface area contributed by atoms with Gasteiger partial charge in [0.05, 0.1) is 18.1 Å². The Morgan fingerprint density at radius 2 is 1.59 bits per heavy atom. The number of sulfonamides is 1. The minimum absolute atomic E-state index is 0.0942. The standard InChI is InChI=1S/C28H32N2O8S/c31-25(24(17-20-9-3-1-4-10-20)29-28(34)38-22-15-16-37-19-22)26(32)27(33)30(18-21-11-7-8-12-21)39(35,36)23-13-5-2-6-14-23/h1-6,9-10,13-14,21-22,24H,7-8,11-12,15-19H2,(H,29,34)/t22-,24?/m0/s1. The molecule has 1 N–H and O–H groups in total. The number of carbonyl (C=O) groups is 4. The van der Waals surface area contributed by atoms with Gasteiger partial charge in [-0.15, -0.1) is 0 Å². The molecule has 0 radical (unpaired) electrons. The molecule has 1 heterocycles. The highest BCUT2D eigenvalue weighted by Crippen LogP contribution is 2.28. The van der Waals surface area contributed by atoms with Gasteiger partial charge in [-0.1, -0.05) is 61.4 Å². The molecule has 208 valence electrons. The minimum Gasteiger partial charge on any atom is -0.444 e. The topological polar surface area (TPSA) is 136 Å². The van der Waals surface area contributed by atoms with Crippen molar-refractivity contribution in [2.45, 2.75) is 55.6 Å². The SMILES string of the molecule is O=C(NC(Cc1ccccc1)C(=O)C(=O)C(=O)N(CC1CCCC1)S(=O)(=O)c1ccccc1)O[C@H]1CCOC1. The van der Waals surface area contributed by atoms with E-state index in [0.29, 0.717) is 35.7 Å². The van der Waals surface area contributed by atoms with E-state index in [1.54, 1.807) is 36.4 Å². The fraction of sp³-hybridized carbons (Fsp3) is 0.429. The molecule has 0 aromatic heterocycles. The van der Waals surface area contributed by atoms with Crippen LogP contribution in [0.4, 0.5) is 4.79 Å². The first-order valence-corrected chi connectivity index (χ1v) is 14.5. The van der Waals surface area contributed by atoms with Crippen molar-refractivity contribution >= 4 is 33.6 Å². The molecule has 0 bridgehead atoms. The summed E-state index contributed by atoms with van der Waals surface area (Å²) in [6.07, 6.45) is 2.19. The molecule has 1 saturated heterocycles. The molecule has 11 heteroatoms. The number of Topliss-reactive ketones (excluding diaryl/α,β-unsaturated/α-hetero) is 2. The average molecular weight is 557 g/mol. The number of rotatable bonds is 11. The molecule has 2 aromatic carbocycles. The second kappa shape index (κ2) is 13.0. The van der Waals surface area contributed by atoms with Gasteiger partial charge in [-0.25, -0.2) is 17.5 Å². The fourth-order valence-electron chi connectivity index (χ4n) is 4.81. The zero-order valence-electron chi connectivity index (χ0n) is 21.5. The number of amides is 2. The first kappa shape index (κ1) is 28.4. The quantitative estimate of drug-likeness (QED) is 0.330. The Balaban J connectivity index is 1.57. The van der Waals surface area contributed by atoms with Crippen LogP contribution in [0.2, 0.25) is 0 Å². The summed E-state index contributed by atoms with van der Waals surface area (Å²) < 4.78 is 37.9. The molecule has 2 aromatic rings. The summed E-state index contributed by atoms with van der Waals surface area (Å²) >= 11 is 0. The van der Waals surface area contributed by atoms with E-state index in [2.05, 4.69) is 5.32 Å². The average Bonchev–Trinajstić information content (AvgIpc) is 3.66. The van der Waals surface area contributed by atoms with Crippen molar-refractivity contribution < 1.29 is 37.1 Å². The molecule has 4 rings (SSSR count). The highest BCUT2D eigenvalue weighted by Gasteiger charge is 2.40. The Bertz CT molecular complexity index is 1270. The highest BCUT2D eigenvalue weighted by atomic mass is 32.2. The normalized spacial score (nSPS) is 18.3. The predicted molar refractivity (Wildman–Crippen MR) is 140 cm³/mol. The van der Waals surface area contributed by atoms with Crippen LogP contribution in [-0.2, 0) is 40.3 Å². The number of alkyl carbamates (subject to hydrolysis) is 1. The summed E-state index contributed by atoms with van der Waals surface area (Å²) in [7, 11) is -4.40. The van der Waals surface area contributed by atoms with E-state index in [1.807, 2.05) is 0 Å². The Morgan fingerprint density at radius 1 is 0.949 bits per heavy atom. The number of benzene rings is 2. The van der Waals surface area contributed by atoms with Crippen LogP contribution in [0.25, 0.3) is 0 Å². The second-order valence-electron chi connectivity index (χ2n) is 9.78. The summed E-state index contributed by atoms with van der Waals surface area (Å²) in [5, 5.41) is 2.40. The van der Waals surface area contributed by atoms with Crippen LogP contribution in [-0.4, -0.2) is 68.2 Å². The van der Waals surface area contributed by atoms with Crippen molar-refractivity contribution in [3.63, 3.8) is 0 Å². The van der Waals surface area contributed by atoms with Crippen molar-refractivity contribution in [3.8, 4) is 0 Å². The van der Waals surface area contributed by atoms with Gasteiger partial charge in [0.1, 0.15) is 12.1 Å². The first-order valence-electron chi connectivity index (χ1n) is 13.0. The van der Waals surface area contributed by atoms with Gasteiger partial charge < -0.3 is 14.8 Å². The van der Waals surface area contributed by atoms with E-state index < -0.39 is 45.7 Å². The van der Waals surface area contributed by atoms with Crippen LogP contribution < -0.4 is 5.32 Å². The summed E-state index contributed by atoms with van der Waals surface area (Å²) in [5.41, 5.74) is 0.625. The molecular weight excluding hydrogens is 524 g/mol. The zero-order valence-corrected chi connectivity index (χ0v) is 22.3. The summed E-state index contributed by atoms with van der Waals surface area (Å²) in [4.78, 5) is 52.5. The number of hydrogen-bond acceptors (Lipinski definition) is 8. The van der Waals surface area contributed by atoms with E-state index in [9.17, 15) is 27.6 Å². The van der Waals surface area contributed by atoms with Crippen LogP contribution in [0, 0.1) is 5.92 Å². The van der Waals surface area contributed by atoms with Crippen molar-refractivity contribution in [2.75, 3.05) is 19.8 Å². The monoisotopic (exact) mass is 556 g/mol. The highest BCUT2D eigenvalue weighted by molar-refractivity contribution is 7.89. The van der Waals surface area contributed by atoms with Crippen molar-refractivity contribution in [2.24, 2.45) is 5.92 Å². The van der Waals surface area contributed by atoms with Crippen LogP contribution in [0.1, 0.15) is 37.7 Å². The first-order chi connectivity index (χ1) is 18.8. The Hall–Kier alpha value is -3.57. The van der Waals surface area contributed by atoms with Gasteiger partial charge in [-0.05, 0) is 36.5 Å². The van der Waals surface area contributed by atoms with Gasteiger partial charge in [0.2, 0.25) is 5.78 Å². The molecule has 1 aliphatic heterocycles. The third kappa shape index (κ3) is 7.30. The van der Waals surface area contributed by atoms with E-state index >= 15 is 0 Å². The lowest BCUT2D eigenvalue weighted by molar-refractivity contribution is -0.148. The van der Waals surface area contributed by atoms with Gasteiger partial charge in [-0.3, -0.25) is 14.4 Å². The van der Waals surface area contributed by atoms with Gasteiger partial charge in [0.25, 0.3) is 15.8 Å². The zero-order chi connectivity index (χ0) is 27.8. The molecule has 1 saturated carbocycles. The molecule has 10 nitrogen and oxygen atoms in total. The van der Waals surface area contributed by atoms with Crippen molar-refractivity contribution in [3.05, 3.63) is 66.2 Å². The van der Waals surface area contributed by atoms with Gasteiger partial charge >= 0.3 is 12.0 Å². The van der Waals surface area contributed by atoms with E-state index in [1.165, 1.54) is 24.3 Å². The summed E-state index contributed by atoms with van der Waals surface area (Å²) in [6, 6.07) is 14.5. The molecule has 2 amide bonds. The third-order valence-electron chi connectivity index (χ3n) is 6.93. The predicted octanol–water partition coefficient (Wildman–Crippen LogP) is 2.66. The molecule has 1 aliphatic carbocycles. The number of nitrogens with one attached hydrogen (secondary N) is 1. The number of hydrogen-bond donors (Lipinski definition) is 1. The van der Waals surface area contributed by atoms with Gasteiger partial charge in [0, 0.05) is 19.4 Å². The van der Waals surface area contributed by atoms with E-state index in [-0.39, 0.29) is 30.4 Å². The number of nitrogens with zero attached hydrogens (tertiary/aromatic N) is 1. The van der Waals surface area contributed by atoms with Crippen molar-refractivity contribution in [1.29, 1.82) is 0 Å². The fourth-order valence-corrected chi connectivity index (χ4v) is 6.27. The lowest BCUT2D eigenvalue weighted by atomic mass is 9.99. The van der Waals surface area contributed by atoms with Crippen molar-refractivity contribution in [1.82, 2.24) is 9.62 Å². The minimum atomic E-state index is -4.40. The molecule has 0 spiro atoms. The van der Waals surface area contributed by atoms with Crippen LogP contribution in [0.5, 0.6) is 0 Å². The Labute approximate surface area is 227 Å². The third-order valence-corrected chi connectivity index (χ3v) is 8.69. The molecule has 2 atom stereocenters. The summed E-state index contributed by atoms with van der Waals surface area (Å²) in [6.45, 7) is 0.454.